The Hall–Kier alpha value is -1.85. The van der Waals surface area contributed by atoms with Gasteiger partial charge in [0.15, 0.2) is 0 Å². The third-order valence-electron chi connectivity index (χ3n) is 4.38. The minimum absolute atomic E-state index is 0.0225. The second kappa shape index (κ2) is 8.69. The molecule has 3 rings (SSSR count). The molecule has 4 nitrogen and oxygen atoms in total. The van der Waals surface area contributed by atoms with E-state index >= 15 is 0 Å². The van der Waals surface area contributed by atoms with E-state index in [-0.39, 0.29) is 18.0 Å². The molecule has 0 bridgehead atoms. The van der Waals surface area contributed by atoms with Gasteiger partial charge in [0.25, 0.3) is 5.91 Å². The van der Waals surface area contributed by atoms with Crippen molar-refractivity contribution in [1.29, 1.82) is 0 Å². The standard InChI is InChI=1S/C20H19BrClNO3/c21-14-8-11-18(22)17(12-14)19(24)23-15-9-6-13(7-10-15)20(25)26-16-4-2-1-3-5-16/h6-12,16H,1-5H2,(H,23,24). The first-order chi connectivity index (χ1) is 12.5. The summed E-state index contributed by atoms with van der Waals surface area (Å²) in [6, 6.07) is 11.8. The second-order valence-corrected chi connectivity index (χ2v) is 7.64. The smallest absolute Gasteiger partial charge is 0.338 e. The summed E-state index contributed by atoms with van der Waals surface area (Å²) in [4.78, 5) is 24.6. The molecule has 1 fully saturated rings. The number of hydrogen-bond donors (Lipinski definition) is 1. The van der Waals surface area contributed by atoms with Crippen LogP contribution in [0.3, 0.4) is 0 Å². The Kier molecular flexibility index (Phi) is 6.33. The van der Waals surface area contributed by atoms with E-state index in [1.165, 1.54) is 6.42 Å². The first-order valence-electron chi connectivity index (χ1n) is 8.60. The Labute approximate surface area is 166 Å². The fraction of sp³-hybridized carbons (Fsp3) is 0.300. The van der Waals surface area contributed by atoms with Gasteiger partial charge in [-0.1, -0.05) is 34.0 Å². The molecule has 26 heavy (non-hydrogen) atoms. The van der Waals surface area contributed by atoms with Gasteiger partial charge >= 0.3 is 5.97 Å². The zero-order chi connectivity index (χ0) is 18.5. The van der Waals surface area contributed by atoms with Crippen LogP contribution in [0, 0.1) is 0 Å². The molecule has 2 aromatic carbocycles. The number of halogens is 2. The zero-order valence-corrected chi connectivity index (χ0v) is 16.5. The van der Waals surface area contributed by atoms with Gasteiger partial charge in [0.05, 0.1) is 16.1 Å². The third-order valence-corrected chi connectivity index (χ3v) is 5.20. The molecule has 0 radical (unpaired) electrons. The fourth-order valence-corrected chi connectivity index (χ4v) is 3.53. The molecule has 6 heteroatoms. The summed E-state index contributed by atoms with van der Waals surface area (Å²) in [7, 11) is 0. The molecular formula is C20H19BrClNO3. The Balaban J connectivity index is 1.62. The summed E-state index contributed by atoms with van der Waals surface area (Å²) in [6.45, 7) is 0. The number of anilines is 1. The first-order valence-corrected chi connectivity index (χ1v) is 9.77. The highest BCUT2D eigenvalue weighted by molar-refractivity contribution is 9.10. The maximum atomic E-state index is 12.4. The Bertz CT molecular complexity index is 801. The van der Waals surface area contributed by atoms with E-state index in [4.69, 9.17) is 16.3 Å². The van der Waals surface area contributed by atoms with Gasteiger partial charge < -0.3 is 10.1 Å². The predicted molar refractivity (Wildman–Crippen MR) is 106 cm³/mol. The van der Waals surface area contributed by atoms with Gasteiger partial charge in [-0.25, -0.2) is 4.79 Å². The van der Waals surface area contributed by atoms with Crippen LogP contribution in [-0.2, 0) is 4.74 Å². The van der Waals surface area contributed by atoms with E-state index in [1.54, 1.807) is 42.5 Å². The van der Waals surface area contributed by atoms with Gasteiger partial charge in [-0.05, 0) is 68.1 Å². The molecule has 2 aromatic rings. The molecule has 0 saturated heterocycles. The van der Waals surface area contributed by atoms with Crippen molar-refractivity contribution < 1.29 is 14.3 Å². The van der Waals surface area contributed by atoms with Crippen LogP contribution < -0.4 is 5.32 Å². The lowest BCUT2D eigenvalue weighted by Gasteiger charge is -2.21. The van der Waals surface area contributed by atoms with Gasteiger partial charge in [-0.15, -0.1) is 0 Å². The zero-order valence-electron chi connectivity index (χ0n) is 14.1. The van der Waals surface area contributed by atoms with Crippen LogP contribution in [0.5, 0.6) is 0 Å². The summed E-state index contributed by atoms with van der Waals surface area (Å²) in [5.74, 6) is -0.626. The third kappa shape index (κ3) is 4.86. The molecule has 1 saturated carbocycles. The van der Waals surface area contributed by atoms with E-state index in [0.717, 1.165) is 30.2 Å². The summed E-state index contributed by atoms with van der Waals surface area (Å²) in [5.41, 5.74) is 1.44. The minimum Gasteiger partial charge on any atom is -0.459 e. The molecule has 0 spiro atoms. The fourth-order valence-electron chi connectivity index (χ4n) is 2.96. The largest absolute Gasteiger partial charge is 0.459 e. The van der Waals surface area contributed by atoms with Gasteiger partial charge in [-0.3, -0.25) is 4.79 Å². The summed E-state index contributed by atoms with van der Waals surface area (Å²) in [6.07, 6.45) is 5.34. The van der Waals surface area contributed by atoms with Crippen LogP contribution in [-0.4, -0.2) is 18.0 Å². The highest BCUT2D eigenvalue weighted by atomic mass is 79.9. The monoisotopic (exact) mass is 435 g/mol. The van der Waals surface area contributed by atoms with Gasteiger partial charge in [0.2, 0.25) is 0 Å². The summed E-state index contributed by atoms with van der Waals surface area (Å²) >= 11 is 9.40. The maximum Gasteiger partial charge on any atom is 0.338 e. The summed E-state index contributed by atoms with van der Waals surface area (Å²) in [5, 5.41) is 3.15. The number of amides is 1. The molecule has 1 N–H and O–H groups in total. The van der Waals surface area contributed by atoms with E-state index in [1.807, 2.05) is 0 Å². The van der Waals surface area contributed by atoms with Crippen molar-refractivity contribution in [2.45, 2.75) is 38.2 Å². The molecule has 1 aliphatic rings. The molecule has 1 amide bonds. The number of carbonyl (C=O) groups is 2. The molecule has 0 unspecified atom stereocenters. The normalized spacial score (nSPS) is 14.7. The Morgan fingerprint density at radius 2 is 1.73 bits per heavy atom. The number of esters is 1. The van der Waals surface area contributed by atoms with Gasteiger partial charge in [0, 0.05) is 10.2 Å². The van der Waals surface area contributed by atoms with Crippen LogP contribution in [0.25, 0.3) is 0 Å². The van der Waals surface area contributed by atoms with Crippen LogP contribution in [0.2, 0.25) is 5.02 Å². The molecule has 0 atom stereocenters. The van der Waals surface area contributed by atoms with Crippen LogP contribution in [0.4, 0.5) is 5.69 Å². The molecule has 0 aromatic heterocycles. The van der Waals surface area contributed by atoms with Crippen molar-refractivity contribution in [1.82, 2.24) is 0 Å². The van der Waals surface area contributed by atoms with Crippen LogP contribution in [0.15, 0.2) is 46.9 Å². The number of rotatable bonds is 4. The summed E-state index contributed by atoms with van der Waals surface area (Å²) < 4.78 is 6.32. The number of ether oxygens (including phenoxy) is 1. The number of benzene rings is 2. The highest BCUT2D eigenvalue weighted by Crippen LogP contribution is 2.23. The predicted octanol–water partition coefficient (Wildman–Crippen LogP) is 5.84. The van der Waals surface area contributed by atoms with Crippen molar-refractivity contribution in [2.24, 2.45) is 0 Å². The van der Waals surface area contributed by atoms with Gasteiger partial charge in [-0.2, -0.15) is 0 Å². The number of hydrogen-bond acceptors (Lipinski definition) is 3. The minimum atomic E-state index is -0.315. The van der Waals surface area contributed by atoms with E-state index in [9.17, 15) is 9.59 Å². The van der Waals surface area contributed by atoms with Crippen molar-refractivity contribution in [2.75, 3.05) is 5.32 Å². The van der Waals surface area contributed by atoms with Crippen LogP contribution in [0.1, 0.15) is 52.8 Å². The molecule has 0 heterocycles. The van der Waals surface area contributed by atoms with Crippen molar-refractivity contribution in [3.63, 3.8) is 0 Å². The quantitative estimate of drug-likeness (QED) is 0.612. The van der Waals surface area contributed by atoms with Crippen molar-refractivity contribution in [3.05, 3.63) is 63.1 Å². The first kappa shape index (κ1) is 18.9. The van der Waals surface area contributed by atoms with Crippen molar-refractivity contribution >= 4 is 45.1 Å². The van der Waals surface area contributed by atoms with Gasteiger partial charge in [0.1, 0.15) is 6.10 Å². The highest BCUT2D eigenvalue weighted by Gasteiger charge is 2.19. The average Bonchev–Trinajstić information content (AvgIpc) is 2.65. The van der Waals surface area contributed by atoms with Crippen LogP contribution >= 0.6 is 27.5 Å². The van der Waals surface area contributed by atoms with Crippen molar-refractivity contribution in [3.8, 4) is 0 Å². The maximum absolute atomic E-state index is 12.4. The average molecular weight is 437 g/mol. The lowest BCUT2D eigenvalue weighted by Crippen LogP contribution is -2.21. The van der Waals surface area contributed by atoms with E-state index < -0.39 is 0 Å². The molecule has 0 aliphatic heterocycles. The lowest BCUT2D eigenvalue weighted by molar-refractivity contribution is 0.0211. The van der Waals surface area contributed by atoms with E-state index in [2.05, 4.69) is 21.2 Å². The SMILES string of the molecule is O=C(OC1CCCCC1)c1ccc(NC(=O)c2cc(Br)ccc2Cl)cc1. The lowest BCUT2D eigenvalue weighted by atomic mass is 9.98. The van der Waals surface area contributed by atoms with E-state index in [0.29, 0.717) is 21.8 Å². The molecular weight excluding hydrogens is 418 g/mol. The Morgan fingerprint density at radius 3 is 2.42 bits per heavy atom. The molecule has 136 valence electrons. The molecule has 1 aliphatic carbocycles. The topological polar surface area (TPSA) is 55.4 Å². The Morgan fingerprint density at radius 1 is 1.04 bits per heavy atom. The number of nitrogens with one attached hydrogen (secondary N) is 1. The number of carbonyl (C=O) groups excluding carboxylic acids is 2. The second-order valence-electron chi connectivity index (χ2n) is 6.32.